The SMILES string of the molecule is O=C(COc1ncccn1)Nc1cccc(-c2cn3cccnc3n2)c1. The van der Waals surface area contributed by atoms with Crippen molar-refractivity contribution in [3.8, 4) is 17.3 Å². The van der Waals surface area contributed by atoms with Crippen molar-refractivity contribution in [2.45, 2.75) is 0 Å². The van der Waals surface area contributed by atoms with Crippen molar-refractivity contribution in [2.75, 3.05) is 11.9 Å². The third-order valence-corrected chi connectivity index (χ3v) is 3.55. The van der Waals surface area contributed by atoms with Gasteiger partial charge in [-0.25, -0.2) is 19.9 Å². The number of ether oxygens (including phenoxy) is 1. The Hall–Kier alpha value is -3.81. The van der Waals surface area contributed by atoms with E-state index >= 15 is 0 Å². The minimum atomic E-state index is -0.300. The van der Waals surface area contributed by atoms with E-state index in [2.05, 4.69) is 25.3 Å². The number of nitrogens with one attached hydrogen (secondary N) is 1. The van der Waals surface area contributed by atoms with E-state index in [1.807, 2.05) is 41.1 Å². The van der Waals surface area contributed by atoms with E-state index in [9.17, 15) is 4.79 Å². The highest BCUT2D eigenvalue weighted by Crippen LogP contribution is 2.22. The molecule has 128 valence electrons. The van der Waals surface area contributed by atoms with Crippen LogP contribution in [0.3, 0.4) is 0 Å². The molecule has 4 aromatic rings. The molecule has 0 aliphatic rings. The van der Waals surface area contributed by atoms with Crippen molar-refractivity contribution < 1.29 is 9.53 Å². The lowest BCUT2D eigenvalue weighted by Gasteiger charge is -2.07. The van der Waals surface area contributed by atoms with Crippen LogP contribution in [0.2, 0.25) is 0 Å². The number of carbonyl (C=O) groups is 1. The van der Waals surface area contributed by atoms with Gasteiger partial charge in [-0.05, 0) is 24.3 Å². The minimum absolute atomic E-state index is 0.161. The lowest BCUT2D eigenvalue weighted by atomic mass is 10.1. The van der Waals surface area contributed by atoms with Gasteiger partial charge in [-0.15, -0.1) is 0 Å². The number of amides is 1. The Morgan fingerprint density at radius 2 is 1.92 bits per heavy atom. The largest absolute Gasteiger partial charge is 0.453 e. The number of aromatic nitrogens is 5. The Bertz CT molecular complexity index is 1010. The Kier molecular flexibility index (Phi) is 4.21. The number of benzene rings is 1. The van der Waals surface area contributed by atoms with Crippen LogP contribution in [-0.4, -0.2) is 36.9 Å². The third kappa shape index (κ3) is 3.48. The van der Waals surface area contributed by atoms with Crippen LogP contribution in [0.25, 0.3) is 17.0 Å². The molecule has 0 aliphatic heterocycles. The molecule has 0 fully saturated rings. The Labute approximate surface area is 148 Å². The lowest BCUT2D eigenvalue weighted by Crippen LogP contribution is -2.20. The van der Waals surface area contributed by atoms with E-state index < -0.39 is 0 Å². The minimum Gasteiger partial charge on any atom is -0.453 e. The quantitative estimate of drug-likeness (QED) is 0.595. The molecule has 8 nitrogen and oxygen atoms in total. The number of rotatable bonds is 5. The van der Waals surface area contributed by atoms with Crippen molar-refractivity contribution in [1.29, 1.82) is 0 Å². The van der Waals surface area contributed by atoms with E-state index in [0.29, 0.717) is 11.5 Å². The van der Waals surface area contributed by atoms with Crippen molar-refractivity contribution in [1.82, 2.24) is 24.3 Å². The van der Waals surface area contributed by atoms with Gasteiger partial charge in [0.05, 0.1) is 5.69 Å². The van der Waals surface area contributed by atoms with Crippen LogP contribution < -0.4 is 10.1 Å². The van der Waals surface area contributed by atoms with Gasteiger partial charge in [0.25, 0.3) is 5.91 Å². The fourth-order valence-electron chi connectivity index (χ4n) is 2.41. The molecule has 3 heterocycles. The maximum absolute atomic E-state index is 12.1. The normalized spacial score (nSPS) is 10.6. The van der Waals surface area contributed by atoms with Gasteiger partial charge in [-0.2, -0.15) is 0 Å². The van der Waals surface area contributed by atoms with Gasteiger partial charge in [-0.1, -0.05) is 12.1 Å². The standard InChI is InChI=1S/C18H14N6O2/c25-16(12-26-18-20-6-2-7-21-18)22-14-5-1-4-13(10-14)15-11-24-9-3-8-19-17(24)23-15/h1-11H,12H2,(H,22,25). The summed E-state index contributed by atoms with van der Waals surface area (Å²) in [5.74, 6) is 0.319. The number of imidazole rings is 1. The van der Waals surface area contributed by atoms with E-state index in [4.69, 9.17) is 4.74 Å². The monoisotopic (exact) mass is 346 g/mol. The fraction of sp³-hybridized carbons (Fsp3) is 0.0556. The van der Waals surface area contributed by atoms with Gasteiger partial charge in [0, 0.05) is 42.2 Å². The topological polar surface area (TPSA) is 94.3 Å². The average Bonchev–Trinajstić information content (AvgIpc) is 3.12. The number of hydrogen-bond donors (Lipinski definition) is 1. The summed E-state index contributed by atoms with van der Waals surface area (Å²) in [5.41, 5.74) is 2.30. The van der Waals surface area contributed by atoms with Crippen molar-refractivity contribution in [3.05, 3.63) is 67.4 Å². The molecule has 0 saturated carbocycles. The zero-order valence-electron chi connectivity index (χ0n) is 13.6. The lowest BCUT2D eigenvalue weighted by molar-refractivity contribution is -0.118. The number of hydrogen-bond acceptors (Lipinski definition) is 6. The highest BCUT2D eigenvalue weighted by Gasteiger charge is 2.08. The van der Waals surface area contributed by atoms with Crippen LogP contribution in [0.1, 0.15) is 0 Å². The second-order valence-corrected chi connectivity index (χ2v) is 5.40. The van der Waals surface area contributed by atoms with E-state index in [0.717, 1.165) is 11.3 Å². The molecular weight excluding hydrogens is 332 g/mol. The van der Waals surface area contributed by atoms with Gasteiger partial charge in [0.15, 0.2) is 6.61 Å². The summed E-state index contributed by atoms with van der Waals surface area (Å²) in [5, 5.41) is 2.79. The Balaban J connectivity index is 1.46. The second kappa shape index (κ2) is 6.98. The van der Waals surface area contributed by atoms with Gasteiger partial charge in [0.2, 0.25) is 5.78 Å². The van der Waals surface area contributed by atoms with Gasteiger partial charge >= 0.3 is 6.01 Å². The second-order valence-electron chi connectivity index (χ2n) is 5.40. The van der Waals surface area contributed by atoms with Crippen LogP contribution in [0.15, 0.2) is 67.4 Å². The first kappa shape index (κ1) is 15.7. The third-order valence-electron chi connectivity index (χ3n) is 3.55. The summed E-state index contributed by atoms with van der Waals surface area (Å²) in [7, 11) is 0. The number of fused-ring (bicyclic) bond motifs is 1. The molecule has 0 spiro atoms. The molecule has 0 bridgehead atoms. The number of nitrogens with zero attached hydrogens (tertiary/aromatic N) is 5. The highest BCUT2D eigenvalue weighted by molar-refractivity contribution is 5.92. The molecule has 0 radical (unpaired) electrons. The molecule has 8 heteroatoms. The number of anilines is 1. The zero-order chi connectivity index (χ0) is 17.8. The average molecular weight is 346 g/mol. The van der Waals surface area contributed by atoms with Gasteiger partial charge < -0.3 is 10.1 Å². The molecule has 1 N–H and O–H groups in total. The van der Waals surface area contributed by atoms with Crippen LogP contribution in [0.5, 0.6) is 6.01 Å². The molecule has 1 amide bonds. The van der Waals surface area contributed by atoms with E-state index in [-0.39, 0.29) is 18.5 Å². The molecule has 0 atom stereocenters. The molecule has 3 aromatic heterocycles. The maximum atomic E-state index is 12.1. The van der Waals surface area contributed by atoms with Crippen LogP contribution in [0, 0.1) is 0 Å². The van der Waals surface area contributed by atoms with E-state index in [1.54, 1.807) is 30.7 Å². The smallest absolute Gasteiger partial charge is 0.316 e. The summed E-state index contributed by atoms with van der Waals surface area (Å²) >= 11 is 0. The Morgan fingerprint density at radius 3 is 2.77 bits per heavy atom. The number of carbonyl (C=O) groups excluding carboxylic acids is 1. The predicted octanol–water partition coefficient (Wildman–Crippen LogP) is 2.20. The van der Waals surface area contributed by atoms with Crippen LogP contribution in [-0.2, 0) is 4.79 Å². The van der Waals surface area contributed by atoms with Crippen molar-refractivity contribution >= 4 is 17.4 Å². The molecule has 1 aromatic carbocycles. The first-order valence-electron chi connectivity index (χ1n) is 7.88. The summed E-state index contributed by atoms with van der Waals surface area (Å²) in [6.45, 7) is -0.174. The predicted molar refractivity (Wildman–Crippen MR) is 94.6 cm³/mol. The molecule has 4 rings (SSSR count). The summed E-state index contributed by atoms with van der Waals surface area (Å²) in [4.78, 5) is 28.5. The molecular formula is C18H14N6O2. The molecule has 26 heavy (non-hydrogen) atoms. The van der Waals surface area contributed by atoms with Crippen LogP contribution >= 0.6 is 0 Å². The summed E-state index contributed by atoms with van der Waals surface area (Å²) < 4.78 is 7.08. The maximum Gasteiger partial charge on any atom is 0.316 e. The summed E-state index contributed by atoms with van der Waals surface area (Å²) in [6.07, 6.45) is 8.56. The van der Waals surface area contributed by atoms with Crippen LogP contribution in [0.4, 0.5) is 5.69 Å². The Morgan fingerprint density at radius 1 is 1.08 bits per heavy atom. The van der Waals surface area contributed by atoms with Crippen molar-refractivity contribution in [3.63, 3.8) is 0 Å². The van der Waals surface area contributed by atoms with Gasteiger partial charge in [-0.3, -0.25) is 9.20 Å². The molecule has 0 unspecified atom stereocenters. The first-order chi connectivity index (χ1) is 12.8. The molecule has 0 saturated heterocycles. The van der Waals surface area contributed by atoms with Gasteiger partial charge in [0.1, 0.15) is 0 Å². The van der Waals surface area contributed by atoms with Crippen molar-refractivity contribution in [2.24, 2.45) is 0 Å². The summed E-state index contributed by atoms with van der Waals surface area (Å²) in [6, 6.07) is 11.1. The fourth-order valence-corrected chi connectivity index (χ4v) is 2.41. The highest BCUT2D eigenvalue weighted by atomic mass is 16.5. The zero-order valence-corrected chi connectivity index (χ0v) is 13.6. The molecule has 0 aliphatic carbocycles. The van der Waals surface area contributed by atoms with E-state index in [1.165, 1.54) is 0 Å². The first-order valence-corrected chi connectivity index (χ1v) is 7.88.